The van der Waals surface area contributed by atoms with Crippen LogP contribution in [0.5, 0.6) is 0 Å². The highest BCUT2D eigenvalue weighted by Crippen LogP contribution is 2.05. The lowest BCUT2D eigenvalue weighted by Crippen LogP contribution is -1.94. The van der Waals surface area contributed by atoms with Gasteiger partial charge >= 0.3 is 0 Å². The molecule has 1 nitrogen and oxygen atoms in total. The Labute approximate surface area is 59.5 Å². The molecule has 1 unspecified atom stereocenters. The fraction of sp³-hybridized carbons (Fsp3) is 1.00. The Morgan fingerprint density at radius 1 is 1.62 bits per heavy atom. The Balaban J connectivity index is 2.72. The molecule has 8 heavy (non-hydrogen) atoms. The van der Waals surface area contributed by atoms with Gasteiger partial charge in [-0.1, -0.05) is 22.9 Å². The zero-order valence-corrected chi connectivity index (χ0v) is 7.07. The molecule has 0 aliphatic carbocycles. The summed E-state index contributed by atoms with van der Waals surface area (Å²) in [5.41, 5.74) is 0. The number of hydrogen-bond acceptors (Lipinski definition) is 1. The van der Waals surface area contributed by atoms with Crippen LogP contribution in [-0.4, -0.2) is 18.5 Å². The third kappa shape index (κ3) is 6.44. The smallest absolute Gasteiger partial charge is 0.0462 e. The van der Waals surface area contributed by atoms with E-state index in [1.54, 1.807) is 7.11 Å². The predicted octanol–water partition coefficient (Wildman–Crippen LogP) is 2.20. The summed E-state index contributed by atoms with van der Waals surface area (Å²) in [5, 5.41) is 0. The number of halogens is 1. The highest BCUT2D eigenvalue weighted by atomic mass is 79.9. The molecular weight excluding hydrogens is 168 g/mol. The van der Waals surface area contributed by atoms with E-state index in [-0.39, 0.29) is 0 Å². The molecule has 0 aliphatic heterocycles. The first kappa shape index (κ1) is 8.44. The molecule has 0 spiro atoms. The van der Waals surface area contributed by atoms with Gasteiger partial charge in [-0.15, -0.1) is 0 Å². The first-order valence-electron chi connectivity index (χ1n) is 2.90. The van der Waals surface area contributed by atoms with E-state index in [9.17, 15) is 0 Å². The third-order valence-electron chi connectivity index (χ3n) is 0.950. The molecular formula is C6H13BrO. The number of methoxy groups -OCH3 is 1. The Kier molecular flexibility index (Phi) is 5.88. The Morgan fingerprint density at radius 2 is 2.25 bits per heavy atom. The van der Waals surface area contributed by atoms with E-state index in [1.807, 2.05) is 0 Å². The maximum absolute atomic E-state index is 4.87. The monoisotopic (exact) mass is 180 g/mol. The number of hydrogen-bond donors (Lipinski definition) is 0. The minimum Gasteiger partial charge on any atom is -0.385 e. The van der Waals surface area contributed by atoms with Crippen molar-refractivity contribution in [2.24, 2.45) is 0 Å². The third-order valence-corrected chi connectivity index (χ3v) is 1.41. The van der Waals surface area contributed by atoms with Crippen molar-refractivity contribution in [1.29, 1.82) is 0 Å². The summed E-state index contributed by atoms with van der Waals surface area (Å²) in [6.45, 7) is 3.03. The molecule has 0 aromatic rings. The second kappa shape index (κ2) is 5.57. The highest BCUT2D eigenvalue weighted by Gasteiger charge is 1.92. The van der Waals surface area contributed by atoms with Gasteiger partial charge in [0.1, 0.15) is 0 Å². The number of rotatable bonds is 4. The van der Waals surface area contributed by atoms with Crippen LogP contribution in [0.3, 0.4) is 0 Å². The highest BCUT2D eigenvalue weighted by molar-refractivity contribution is 9.09. The number of ether oxygens (including phenoxy) is 1. The Bertz CT molecular complexity index is 45.8. The normalized spacial score (nSPS) is 13.9. The van der Waals surface area contributed by atoms with E-state index in [0.717, 1.165) is 13.0 Å². The van der Waals surface area contributed by atoms with Gasteiger partial charge in [-0.2, -0.15) is 0 Å². The van der Waals surface area contributed by atoms with Crippen molar-refractivity contribution in [3.63, 3.8) is 0 Å². The van der Waals surface area contributed by atoms with Gasteiger partial charge in [-0.25, -0.2) is 0 Å². The van der Waals surface area contributed by atoms with Gasteiger partial charge in [0, 0.05) is 18.5 Å². The second-order valence-corrected chi connectivity index (χ2v) is 3.48. The Morgan fingerprint density at radius 3 is 2.62 bits per heavy atom. The van der Waals surface area contributed by atoms with Crippen LogP contribution in [0, 0.1) is 0 Å². The van der Waals surface area contributed by atoms with Gasteiger partial charge in [0.25, 0.3) is 0 Å². The predicted molar refractivity (Wildman–Crippen MR) is 39.5 cm³/mol. The first-order chi connectivity index (χ1) is 3.77. The van der Waals surface area contributed by atoms with Crippen LogP contribution >= 0.6 is 15.9 Å². The quantitative estimate of drug-likeness (QED) is 0.477. The van der Waals surface area contributed by atoms with Crippen molar-refractivity contribution < 1.29 is 4.74 Å². The number of alkyl halides is 1. The van der Waals surface area contributed by atoms with Crippen LogP contribution in [0.15, 0.2) is 0 Å². The molecule has 0 bridgehead atoms. The zero-order chi connectivity index (χ0) is 6.41. The van der Waals surface area contributed by atoms with E-state index < -0.39 is 0 Å². The molecule has 0 fully saturated rings. The fourth-order valence-corrected chi connectivity index (χ4v) is 0.833. The Hall–Kier alpha value is 0.440. The van der Waals surface area contributed by atoms with Crippen LogP contribution in [0.25, 0.3) is 0 Å². The van der Waals surface area contributed by atoms with Crippen LogP contribution in [0.4, 0.5) is 0 Å². The van der Waals surface area contributed by atoms with E-state index in [2.05, 4.69) is 22.9 Å². The molecule has 50 valence electrons. The van der Waals surface area contributed by atoms with Gasteiger partial charge in [0.05, 0.1) is 0 Å². The van der Waals surface area contributed by atoms with Gasteiger partial charge < -0.3 is 4.74 Å². The molecule has 0 aromatic heterocycles. The van der Waals surface area contributed by atoms with E-state index in [1.165, 1.54) is 6.42 Å². The van der Waals surface area contributed by atoms with Crippen molar-refractivity contribution in [2.75, 3.05) is 13.7 Å². The van der Waals surface area contributed by atoms with E-state index in [4.69, 9.17) is 4.74 Å². The average molecular weight is 181 g/mol. The first-order valence-corrected chi connectivity index (χ1v) is 3.82. The van der Waals surface area contributed by atoms with Crippen molar-refractivity contribution in [3.8, 4) is 0 Å². The molecule has 0 aromatic carbocycles. The van der Waals surface area contributed by atoms with Crippen molar-refractivity contribution >= 4 is 15.9 Å². The van der Waals surface area contributed by atoms with Crippen LogP contribution in [0.2, 0.25) is 0 Å². The summed E-state index contributed by atoms with van der Waals surface area (Å²) in [6.07, 6.45) is 2.36. The molecule has 0 saturated heterocycles. The van der Waals surface area contributed by atoms with Crippen molar-refractivity contribution in [3.05, 3.63) is 0 Å². The standard InChI is InChI=1S/C6H13BrO/c1-6(7)4-3-5-8-2/h6H,3-5H2,1-2H3. The van der Waals surface area contributed by atoms with Gasteiger partial charge in [-0.3, -0.25) is 0 Å². The fourth-order valence-electron chi connectivity index (χ4n) is 0.509. The van der Waals surface area contributed by atoms with Gasteiger partial charge in [0.15, 0.2) is 0 Å². The largest absolute Gasteiger partial charge is 0.385 e. The minimum absolute atomic E-state index is 0.637. The van der Waals surface area contributed by atoms with Crippen LogP contribution < -0.4 is 0 Å². The lowest BCUT2D eigenvalue weighted by atomic mass is 10.3. The SMILES string of the molecule is COCCCC(C)Br. The molecule has 0 amide bonds. The molecule has 0 rings (SSSR count). The topological polar surface area (TPSA) is 9.23 Å². The minimum atomic E-state index is 0.637. The van der Waals surface area contributed by atoms with E-state index in [0.29, 0.717) is 4.83 Å². The summed E-state index contributed by atoms with van der Waals surface area (Å²) < 4.78 is 4.87. The average Bonchev–Trinajstić information content (AvgIpc) is 1.66. The summed E-state index contributed by atoms with van der Waals surface area (Å²) in [6, 6.07) is 0. The maximum atomic E-state index is 4.87. The molecule has 2 heteroatoms. The molecule has 0 saturated carbocycles. The second-order valence-electron chi connectivity index (χ2n) is 1.92. The molecule has 0 N–H and O–H groups in total. The molecule has 1 atom stereocenters. The van der Waals surface area contributed by atoms with Gasteiger partial charge in [-0.05, 0) is 12.8 Å². The summed E-state index contributed by atoms with van der Waals surface area (Å²) in [4.78, 5) is 0.637. The lowest BCUT2D eigenvalue weighted by molar-refractivity contribution is 0.193. The lowest BCUT2D eigenvalue weighted by Gasteiger charge is -1.99. The molecule has 0 heterocycles. The van der Waals surface area contributed by atoms with Gasteiger partial charge in [0.2, 0.25) is 0 Å². The summed E-state index contributed by atoms with van der Waals surface area (Å²) >= 11 is 3.45. The molecule has 0 radical (unpaired) electrons. The van der Waals surface area contributed by atoms with Crippen molar-refractivity contribution in [2.45, 2.75) is 24.6 Å². The summed E-state index contributed by atoms with van der Waals surface area (Å²) in [5.74, 6) is 0. The van der Waals surface area contributed by atoms with Crippen LogP contribution in [0.1, 0.15) is 19.8 Å². The van der Waals surface area contributed by atoms with Crippen molar-refractivity contribution in [1.82, 2.24) is 0 Å². The van der Waals surface area contributed by atoms with Crippen LogP contribution in [-0.2, 0) is 4.74 Å². The molecule has 0 aliphatic rings. The zero-order valence-electron chi connectivity index (χ0n) is 5.48. The maximum Gasteiger partial charge on any atom is 0.0462 e. The summed E-state index contributed by atoms with van der Waals surface area (Å²) in [7, 11) is 1.74. The van der Waals surface area contributed by atoms with E-state index >= 15 is 0 Å².